The first-order chi connectivity index (χ1) is 9.74. The monoisotopic (exact) mass is 268 g/mol. The predicted octanol–water partition coefficient (Wildman–Crippen LogP) is 3.19. The topological polar surface area (TPSA) is 46.5 Å². The molecule has 0 saturated heterocycles. The van der Waals surface area contributed by atoms with Gasteiger partial charge in [0, 0.05) is 12.5 Å². The number of phenols is 1. The van der Waals surface area contributed by atoms with E-state index in [-0.39, 0.29) is 11.7 Å². The Balaban J connectivity index is 1.75. The summed E-state index contributed by atoms with van der Waals surface area (Å²) in [6, 6.07) is 16.4. The third-order valence-electron chi connectivity index (χ3n) is 2.78. The van der Waals surface area contributed by atoms with E-state index in [1.54, 1.807) is 18.2 Å². The molecule has 102 valence electrons. The summed E-state index contributed by atoms with van der Waals surface area (Å²) >= 11 is 0. The Bertz CT molecular complexity index is 571. The Morgan fingerprint density at radius 2 is 1.75 bits per heavy atom. The van der Waals surface area contributed by atoms with E-state index >= 15 is 0 Å². The lowest BCUT2D eigenvalue weighted by atomic mass is 10.1. The molecule has 0 saturated carbocycles. The number of benzene rings is 2. The van der Waals surface area contributed by atoms with Crippen molar-refractivity contribution >= 4 is 12.0 Å². The van der Waals surface area contributed by atoms with Gasteiger partial charge in [-0.05, 0) is 29.3 Å². The molecule has 0 aliphatic rings. The maximum Gasteiger partial charge on any atom is 0.330 e. The Morgan fingerprint density at radius 1 is 1.05 bits per heavy atom. The molecule has 3 nitrogen and oxygen atoms in total. The molecule has 0 radical (unpaired) electrons. The summed E-state index contributed by atoms with van der Waals surface area (Å²) in [5.74, 6) is -0.121. The lowest BCUT2D eigenvalue weighted by molar-refractivity contribution is -0.137. The van der Waals surface area contributed by atoms with E-state index in [1.165, 1.54) is 6.08 Å². The van der Waals surface area contributed by atoms with Gasteiger partial charge in [0.25, 0.3) is 0 Å². The van der Waals surface area contributed by atoms with Gasteiger partial charge in [-0.3, -0.25) is 0 Å². The number of phenolic OH excluding ortho intramolecular Hbond substituents is 1. The molecule has 0 unspecified atom stereocenters. The summed E-state index contributed by atoms with van der Waals surface area (Å²) in [5, 5.41) is 9.15. The first-order valence-corrected chi connectivity index (χ1v) is 6.42. The molecule has 0 aliphatic carbocycles. The molecule has 1 N–H and O–H groups in total. The zero-order chi connectivity index (χ0) is 14.2. The Morgan fingerprint density at radius 3 is 2.45 bits per heavy atom. The summed E-state index contributed by atoms with van der Waals surface area (Å²) in [4.78, 5) is 11.5. The van der Waals surface area contributed by atoms with Crippen molar-refractivity contribution in [3.05, 3.63) is 71.8 Å². The predicted molar refractivity (Wildman–Crippen MR) is 78.2 cm³/mol. The smallest absolute Gasteiger partial charge is 0.330 e. The van der Waals surface area contributed by atoms with Crippen LogP contribution >= 0.6 is 0 Å². The third kappa shape index (κ3) is 4.61. The fourth-order valence-electron chi connectivity index (χ4n) is 1.71. The maximum absolute atomic E-state index is 11.5. The minimum Gasteiger partial charge on any atom is -0.508 e. The average molecular weight is 268 g/mol. The van der Waals surface area contributed by atoms with E-state index < -0.39 is 0 Å². The van der Waals surface area contributed by atoms with Crippen molar-refractivity contribution in [2.45, 2.75) is 6.42 Å². The van der Waals surface area contributed by atoms with E-state index in [9.17, 15) is 4.79 Å². The van der Waals surface area contributed by atoms with Gasteiger partial charge in [-0.2, -0.15) is 0 Å². The maximum atomic E-state index is 11.5. The second-order valence-corrected chi connectivity index (χ2v) is 4.33. The first-order valence-electron chi connectivity index (χ1n) is 6.42. The molecule has 0 amide bonds. The zero-order valence-corrected chi connectivity index (χ0v) is 11.0. The summed E-state index contributed by atoms with van der Waals surface area (Å²) in [7, 11) is 0. The fourth-order valence-corrected chi connectivity index (χ4v) is 1.71. The summed E-state index contributed by atoms with van der Waals surface area (Å²) in [6.07, 6.45) is 3.78. The molecular weight excluding hydrogens is 252 g/mol. The van der Waals surface area contributed by atoms with Crippen molar-refractivity contribution in [1.82, 2.24) is 0 Å². The molecule has 0 heterocycles. The molecule has 0 bridgehead atoms. The highest BCUT2D eigenvalue weighted by Crippen LogP contribution is 2.10. The molecule has 0 aliphatic heterocycles. The van der Waals surface area contributed by atoms with Crippen LogP contribution < -0.4 is 0 Å². The van der Waals surface area contributed by atoms with E-state index in [0.29, 0.717) is 13.0 Å². The van der Waals surface area contributed by atoms with Crippen molar-refractivity contribution in [2.24, 2.45) is 0 Å². The third-order valence-corrected chi connectivity index (χ3v) is 2.78. The van der Waals surface area contributed by atoms with Crippen molar-refractivity contribution in [1.29, 1.82) is 0 Å². The van der Waals surface area contributed by atoms with Crippen molar-refractivity contribution in [3.8, 4) is 5.75 Å². The van der Waals surface area contributed by atoms with Crippen molar-refractivity contribution in [3.63, 3.8) is 0 Å². The van der Waals surface area contributed by atoms with E-state index in [0.717, 1.165) is 11.1 Å². The van der Waals surface area contributed by atoms with E-state index in [2.05, 4.69) is 0 Å². The Hall–Kier alpha value is -2.55. The standard InChI is InChI=1S/C17H16O3/c18-16-9-6-15(7-10-16)12-13-20-17(19)11-8-14-4-2-1-3-5-14/h1-11,18H,12-13H2. The minimum atomic E-state index is -0.354. The number of esters is 1. The molecule has 2 aromatic carbocycles. The van der Waals surface area contributed by atoms with Crippen LogP contribution in [0.3, 0.4) is 0 Å². The van der Waals surface area contributed by atoms with Crippen LogP contribution in [0.2, 0.25) is 0 Å². The minimum absolute atomic E-state index is 0.233. The van der Waals surface area contributed by atoms with Gasteiger partial charge in [-0.15, -0.1) is 0 Å². The molecule has 0 fully saturated rings. The van der Waals surface area contributed by atoms with Crippen molar-refractivity contribution < 1.29 is 14.6 Å². The van der Waals surface area contributed by atoms with Crippen LogP contribution in [0, 0.1) is 0 Å². The number of rotatable bonds is 5. The van der Waals surface area contributed by atoms with Crippen LogP contribution in [0.25, 0.3) is 6.08 Å². The SMILES string of the molecule is O=C(C=Cc1ccccc1)OCCc1ccc(O)cc1. The summed E-state index contributed by atoms with van der Waals surface area (Å²) < 4.78 is 5.11. The van der Waals surface area contributed by atoms with E-state index in [1.807, 2.05) is 42.5 Å². The zero-order valence-electron chi connectivity index (χ0n) is 11.0. The van der Waals surface area contributed by atoms with Crippen LogP contribution in [-0.2, 0) is 16.0 Å². The molecule has 0 aromatic heterocycles. The molecule has 2 aromatic rings. The van der Waals surface area contributed by atoms with Crippen LogP contribution in [0.5, 0.6) is 5.75 Å². The number of ether oxygens (including phenoxy) is 1. The van der Waals surface area contributed by atoms with Gasteiger partial charge in [0.15, 0.2) is 0 Å². The Kier molecular flexibility index (Phi) is 4.95. The highest BCUT2D eigenvalue weighted by Gasteiger charge is 1.98. The summed E-state index contributed by atoms with van der Waals surface area (Å²) in [5.41, 5.74) is 1.98. The number of carbonyl (C=O) groups is 1. The highest BCUT2D eigenvalue weighted by molar-refractivity contribution is 5.87. The normalized spacial score (nSPS) is 10.6. The van der Waals surface area contributed by atoms with Crippen molar-refractivity contribution in [2.75, 3.05) is 6.61 Å². The van der Waals surface area contributed by atoms with Gasteiger partial charge in [0.2, 0.25) is 0 Å². The number of hydrogen-bond donors (Lipinski definition) is 1. The summed E-state index contributed by atoms with van der Waals surface area (Å²) in [6.45, 7) is 0.322. The number of carbonyl (C=O) groups excluding carboxylic acids is 1. The van der Waals surface area contributed by atoms with Gasteiger partial charge in [-0.1, -0.05) is 42.5 Å². The van der Waals surface area contributed by atoms with Gasteiger partial charge in [0.05, 0.1) is 6.61 Å². The van der Waals surface area contributed by atoms with Gasteiger partial charge < -0.3 is 9.84 Å². The average Bonchev–Trinajstić information content (AvgIpc) is 2.48. The molecule has 0 atom stereocenters. The van der Waals surface area contributed by atoms with E-state index in [4.69, 9.17) is 9.84 Å². The molecule has 20 heavy (non-hydrogen) atoms. The largest absolute Gasteiger partial charge is 0.508 e. The van der Waals surface area contributed by atoms with Crippen LogP contribution in [0.1, 0.15) is 11.1 Å². The second-order valence-electron chi connectivity index (χ2n) is 4.33. The second kappa shape index (κ2) is 7.14. The first kappa shape index (κ1) is 13.9. The van der Waals surface area contributed by atoms with Crippen LogP contribution in [0.15, 0.2) is 60.7 Å². The molecule has 3 heteroatoms. The Labute approximate surface area is 118 Å². The van der Waals surface area contributed by atoms with Crippen LogP contribution in [-0.4, -0.2) is 17.7 Å². The molecule has 2 rings (SSSR count). The van der Waals surface area contributed by atoms with Gasteiger partial charge in [-0.25, -0.2) is 4.79 Å². The fraction of sp³-hybridized carbons (Fsp3) is 0.118. The lowest BCUT2D eigenvalue weighted by Crippen LogP contribution is -2.04. The molecule has 0 spiro atoms. The quantitative estimate of drug-likeness (QED) is 0.669. The molecular formula is C17H16O3. The lowest BCUT2D eigenvalue weighted by Gasteiger charge is -2.02. The number of hydrogen-bond acceptors (Lipinski definition) is 3. The van der Waals surface area contributed by atoms with Crippen LogP contribution in [0.4, 0.5) is 0 Å². The highest BCUT2D eigenvalue weighted by atomic mass is 16.5. The number of aromatic hydroxyl groups is 1. The van der Waals surface area contributed by atoms with Gasteiger partial charge in [0.1, 0.15) is 5.75 Å². The van der Waals surface area contributed by atoms with Gasteiger partial charge >= 0.3 is 5.97 Å².